The lowest BCUT2D eigenvalue weighted by Crippen LogP contribution is -3.00. The highest BCUT2D eigenvalue weighted by atomic mass is 35.5. The third-order valence-electron chi connectivity index (χ3n) is 1.41. The average molecular weight is 202 g/mol. The molecule has 0 radical (unpaired) electrons. The summed E-state index contributed by atoms with van der Waals surface area (Å²) in [7, 11) is 0. The van der Waals surface area contributed by atoms with Crippen molar-refractivity contribution >= 4 is 11.5 Å². The summed E-state index contributed by atoms with van der Waals surface area (Å²) in [5.41, 5.74) is 5.89. The van der Waals surface area contributed by atoms with Crippen LogP contribution in [-0.2, 0) is 0 Å². The first-order chi connectivity index (χ1) is 5.61. The standard InChI is InChI=1S/C7H7N3O2.ClH/c8-7(9)5-1-3-6(4-2-5)10(11)12;/h1-4H,(H3,8,9);1H. The van der Waals surface area contributed by atoms with Crippen LogP contribution in [0.15, 0.2) is 24.3 Å². The molecule has 1 aromatic carbocycles. The normalized spacial score (nSPS) is 8.62. The van der Waals surface area contributed by atoms with Crippen LogP contribution in [0.1, 0.15) is 5.56 Å². The second kappa shape index (κ2) is 4.42. The molecule has 0 aliphatic heterocycles. The lowest BCUT2D eigenvalue weighted by molar-refractivity contribution is -0.384. The molecule has 13 heavy (non-hydrogen) atoms. The number of non-ortho nitro benzene ring substituents is 1. The molecule has 1 aromatic rings. The number of amidine groups is 1. The highest BCUT2D eigenvalue weighted by Gasteiger charge is 2.06. The summed E-state index contributed by atoms with van der Waals surface area (Å²) in [5.74, 6) is 0.157. The van der Waals surface area contributed by atoms with E-state index in [9.17, 15) is 10.1 Å². The summed E-state index contributed by atoms with van der Waals surface area (Å²) in [5, 5.41) is 15.5. The number of benzene rings is 1. The Bertz CT molecular complexity index is 290. The zero-order chi connectivity index (χ0) is 9.14. The summed E-state index contributed by atoms with van der Waals surface area (Å²) < 4.78 is 0. The fraction of sp³-hybridized carbons (Fsp3) is 0. The molecule has 0 saturated heterocycles. The molecule has 70 valence electrons. The molecular weight excluding hydrogens is 194 g/mol. The van der Waals surface area contributed by atoms with Gasteiger partial charge in [0.25, 0.3) is 11.5 Å². The van der Waals surface area contributed by atoms with Crippen molar-refractivity contribution in [2.24, 2.45) is 5.73 Å². The lowest BCUT2D eigenvalue weighted by atomic mass is 10.2. The molecule has 0 spiro atoms. The molecule has 0 atom stereocenters. The topological polar surface area (TPSA) is 94.8 Å². The zero-order valence-corrected chi connectivity index (χ0v) is 7.36. The fourth-order valence-electron chi connectivity index (χ4n) is 0.776. The third kappa shape index (κ3) is 2.72. The van der Waals surface area contributed by atoms with Gasteiger partial charge < -0.3 is 12.4 Å². The number of hydrogen-bond donors (Lipinski definition) is 2. The van der Waals surface area contributed by atoms with Crippen LogP contribution in [0.2, 0.25) is 0 Å². The van der Waals surface area contributed by atoms with Gasteiger partial charge in [-0.3, -0.25) is 21.3 Å². The zero-order valence-electron chi connectivity index (χ0n) is 6.61. The summed E-state index contributed by atoms with van der Waals surface area (Å²) in [6, 6.07) is 5.73. The molecule has 0 unspecified atom stereocenters. The molecule has 6 heteroatoms. The second-order valence-electron chi connectivity index (χ2n) is 2.26. The van der Waals surface area contributed by atoms with Crippen molar-refractivity contribution < 1.29 is 22.7 Å². The molecule has 4 N–H and O–H groups in total. The van der Waals surface area contributed by atoms with Crippen molar-refractivity contribution in [1.82, 2.24) is 0 Å². The van der Waals surface area contributed by atoms with Gasteiger partial charge >= 0.3 is 0 Å². The highest BCUT2D eigenvalue weighted by Crippen LogP contribution is 2.10. The summed E-state index contributed by atoms with van der Waals surface area (Å²) in [4.78, 5) is 9.74. The number of rotatable bonds is 2. The number of hydrogen-bond acceptors (Lipinski definition) is 2. The Hall–Kier alpha value is -1.62. The van der Waals surface area contributed by atoms with Gasteiger partial charge in [-0.15, -0.1) is 0 Å². The number of nitro benzene ring substituents is 1. The predicted molar refractivity (Wildman–Crippen MR) is 43.3 cm³/mol. The van der Waals surface area contributed by atoms with Gasteiger partial charge in [-0.1, -0.05) is 0 Å². The molecule has 0 saturated carbocycles. The van der Waals surface area contributed by atoms with Crippen molar-refractivity contribution in [2.45, 2.75) is 0 Å². The molecule has 1 rings (SSSR count). The Morgan fingerprint density at radius 3 is 2.15 bits per heavy atom. The minimum Gasteiger partial charge on any atom is -1.00 e. The molecule has 0 amide bonds. The summed E-state index contributed by atoms with van der Waals surface area (Å²) in [6.07, 6.45) is 0. The van der Waals surface area contributed by atoms with Gasteiger partial charge in [-0.2, -0.15) is 0 Å². The van der Waals surface area contributed by atoms with Crippen molar-refractivity contribution in [3.63, 3.8) is 0 Å². The molecule has 0 fully saturated rings. The minimum absolute atomic E-state index is 0. The minimum atomic E-state index is -0.476. The van der Waals surface area contributed by atoms with Crippen LogP contribution in [0.3, 0.4) is 0 Å². The number of nitro groups is 1. The first-order valence-electron chi connectivity index (χ1n) is 3.24. The van der Waals surface area contributed by atoms with E-state index in [1.54, 1.807) is 0 Å². The van der Waals surface area contributed by atoms with Crippen molar-refractivity contribution in [1.29, 1.82) is 0 Å². The Labute approximate surface area is 80.6 Å². The van der Waals surface area contributed by atoms with Crippen LogP contribution in [0.5, 0.6) is 0 Å². The number of halogens is 1. The quantitative estimate of drug-likeness (QED) is 0.221. The number of nitrogens with two attached hydrogens (primary N) is 2. The van der Waals surface area contributed by atoms with Gasteiger partial charge in [-0.05, 0) is 12.1 Å². The first-order valence-corrected chi connectivity index (χ1v) is 3.24. The van der Waals surface area contributed by atoms with Crippen LogP contribution in [-0.4, -0.2) is 10.8 Å². The van der Waals surface area contributed by atoms with Crippen molar-refractivity contribution in [3.8, 4) is 0 Å². The maximum absolute atomic E-state index is 10.2. The Balaban J connectivity index is 0.00000144. The van der Waals surface area contributed by atoms with Crippen LogP contribution < -0.4 is 23.5 Å². The van der Waals surface area contributed by atoms with E-state index in [4.69, 9.17) is 11.1 Å². The van der Waals surface area contributed by atoms with Crippen molar-refractivity contribution in [2.75, 3.05) is 0 Å². The molecule has 0 heterocycles. The molecule has 0 aromatic heterocycles. The van der Waals surface area contributed by atoms with Gasteiger partial charge in [-0.25, -0.2) is 0 Å². The van der Waals surface area contributed by atoms with Gasteiger partial charge in [0.2, 0.25) is 0 Å². The van der Waals surface area contributed by atoms with Gasteiger partial charge in [0.05, 0.1) is 10.5 Å². The van der Waals surface area contributed by atoms with Crippen LogP contribution in [0.4, 0.5) is 5.69 Å². The van der Waals surface area contributed by atoms with E-state index >= 15 is 0 Å². The van der Waals surface area contributed by atoms with E-state index in [2.05, 4.69) is 0 Å². The van der Waals surface area contributed by atoms with Gasteiger partial charge in [0.1, 0.15) is 0 Å². The monoisotopic (exact) mass is 201 g/mol. The Kier molecular flexibility index (Phi) is 3.87. The maximum atomic E-state index is 10.2. The first kappa shape index (κ1) is 11.4. The molecule has 0 bridgehead atoms. The van der Waals surface area contributed by atoms with Crippen molar-refractivity contribution in [3.05, 3.63) is 39.9 Å². The summed E-state index contributed by atoms with van der Waals surface area (Å²) in [6.45, 7) is 0. The van der Waals surface area contributed by atoms with Crippen LogP contribution in [0, 0.1) is 10.1 Å². The van der Waals surface area contributed by atoms with Gasteiger partial charge in [0, 0.05) is 12.1 Å². The third-order valence-corrected chi connectivity index (χ3v) is 1.41. The van der Waals surface area contributed by atoms with E-state index in [0.29, 0.717) is 5.56 Å². The Morgan fingerprint density at radius 2 is 1.85 bits per heavy atom. The highest BCUT2D eigenvalue weighted by molar-refractivity contribution is 5.92. The van der Waals surface area contributed by atoms with E-state index < -0.39 is 4.92 Å². The number of nitrogens with zero attached hydrogens (tertiary/aromatic N) is 1. The largest absolute Gasteiger partial charge is 1.00 e. The fourth-order valence-corrected chi connectivity index (χ4v) is 0.776. The smallest absolute Gasteiger partial charge is 0.270 e. The van der Waals surface area contributed by atoms with E-state index in [0.717, 1.165) is 0 Å². The second-order valence-corrected chi connectivity index (χ2v) is 2.26. The SMILES string of the molecule is NC(=[NH2+])c1ccc([N+](=O)[O-])cc1.[Cl-]. The molecule has 0 aliphatic rings. The van der Waals surface area contributed by atoms with Gasteiger partial charge in [0.15, 0.2) is 0 Å². The van der Waals surface area contributed by atoms with E-state index in [1.807, 2.05) is 0 Å². The molecule has 5 nitrogen and oxygen atoms in total. The summed E-state index contributed by atoms with van der Waals surface area (Å²) >= 11 is 0. The van der Waals surface area contributed by atoms with Crippen LogP contribution in [0.25, 0.3) is 0 Å². The predicted octanol–water partition coefficient (Wildman–Crippen LogP) is -3.94. The van der Waals surface area contributed by atoms with E-state index in [1.165, 1.54) is 24.3 Å². The lowest BCUT2D eigenvalue weighted by Gasteiger charge is -1.92. The average Bonchev–Trinajstić information content (AvgIpc) is 2.04. The molecular formula is C7H8ClN3O2. The Morgan fingerprint density at radius 1 is 1.38 bits per heavy atom. The van der Waals surface area contributed by atoms with E-state index in [-0.39, 0.29) is 23.9 Å². The maximum Gasteiger partial charge on any atom is 0.270 e. The molecule has 0 aliphatic carbocycles. The van der Waals surface area contributed by atoms with Crippen LogP contribution >= 0.6 is 0 Å².